The normalized spacial score (nSPS) is 19.9. The third kappa shape index (κ3) is 3.48. The number of hydrogen-bond donors (Lipinski definition) is 1. The van der Waals surface area contributed by atoms with Crippen molar-refractivity contribution in [2.45, 2.75) is 12.5 Å². The first-order valence-electron chi connectivity index (χ1n) is 5.90. The molecule has 1 saturated heterocycles. The summed E-state index contributed by atoms with van der Waals surface area (Å²) in [5.41, 5.74) is 0.959. The zero-order chi connectivity index (χ0) is 12.1. The van der Waals surface area contributed by atoms with Crippen LogP contribution >= 0.6 is 11.8 Å². The van der Waals surface area contributed by atoms with Gasteiger partial charge in [0.05, 0.1) is 0 Å². The van der Waals surface area contributed by atoms with E-state index in [0.29, 0.717) is 12.5 Å². The molecule has 17 heavy (non-hydrogen) atoms. The summed E-state index contributed by atoms with van der Waals surface area (Å²) in [6, 6.07) is 10.1. The van der Waals surface area contributed by atoms with Crippen LogP contribution in [0.4, 0.5) is 5.69 Å². The molecule has 1 aliphatic rings. The van der Waals surface area contributed by atoms with Gasteiger partial charge in [0.1, 0.15) is 0 Å². The first-order valence-corrected chi connectivity index (χ1v) is 7.05. The Bertz CT molecular complexity index is 363. The SMILES string of the molecule is CN(C(=O)CC1CSCCN1)c1ccccc1. The zero-order valence-electron chi connectivity index (χ0n) is 10.1. The van der Waals surface area contributed by atoms with Crippen LogP contribution in [-0.4, -0.2) is 37.0 Å². The Morgan fingerprint density at radius 1 is 1.47 bits per heavy atom. The summed E-state index contributed by atoms with van der Waals surface area (Å²) in [7, 11) is 1.84. The highest BCUT2D eigenvalue weighted by atomic mass is 32.2. The van der Waals surface area contributed by atoms with Crippen molar-refractivity contribution in [1.29, 1.82) is 0 Å². The van der Waals surface area contributed by atoms with Crippen molar-refractivity contribution in [2.75, 3.05) is 30.0 Å². The number of anilines is 1. The predicted molar refractivity (Wildman–Crippen MR) is 73.6 cm³/mol. The number of rotatable bonds is 3. The fourth-order valence-electron chi connectivity index (χ4n) is 1.89. The zero-order valence-corrected chi connectivity index (χ0v) is 10.9. The Balaban J connectivity index is 1.91. The number of nitrogens with zero attached hydrogens (tertiary/aromatic N) is 1. The molecule has 1 unspecified atom stereocenters. The number of carbonyl (C=O) groups is 1. The van der Waals surface area contributed by atoms with E-state index in [1.807, 2.05) is 49.1 Å². The molecule has 92 valence electrons. The predicted octanol–water partition coefficient (Wildman–Crippen LogP) is 1.74. The Morgan fingerprint density at radius 2 is 2.24 bits per heavy atom. The maximum absolute atomic E-state index is 12.1. The molecule has 0 saturated carbocycles. The Hall–Kier alpha value is -1.00. The smallest absolute Gasteiger partial charge is 0.228 e. The number of thioether (sulfide) groups is 1. The van der Waals surface area contributed by atoms with E-state index in [-0.39, 0.29) is 5.91 Å². The topological polar surface area (TPSA) is 32.3 Å². The van der Waals surface area contributed by atoms with Crippen LogP contribution in [0.25, 0.3) is 0 Å². The first-order chi connectivity index (χ1) is 8.27. The summed E-state index contributed by atoms with van der Waals surface area (Å²) in [5, 5.41) is 3.39. The maximum Gasteiger partial charge on any atom is 0.228 e. The highest BCUT2D eigenvalue weighted by Crippen LogP contribution is 2.15. The Kier molecular flexibility index (Phi) is 4.45. The van der Waals surface area contributed by atoms with Crippen LogP contribution in [0.3, 0.4) is 0 Å². The van der Waals surface area contributed by atoms with Crippen molar-refractivity contribution in [3.8, 4) is 0 Å². The molecule has 1 fully saturated rings. The van der Waals surface area contributed by atoms with Gasteiger partial charge < -0.3 is 10.2 Å². The minimum Gasteiger partial charge on any atom is -0.315 e. The van der Waals surface area contributed by atoms with Crippen molar-refractivity contribution >= 4 is 23.4 Å². The van der Waals surface area contributed by atoms with Gasteiger partial charge in [-0.05, 0) is 12.1 Å². The van der Waals surface area contributed by atoms with Crippen LogP contribution in [0.1, 0.15) is 6.42 Å². The summed E-state index contributed by atoms with van der Waals surface area (Å²) < 4.78 is 0. The number of carbonyl (C=O) groups excluding carboxylic acids is 1. The molecule has 1 aliphatic heterocycles. The van der Waals surface area contributed by atoms with Gasteiger partial charge in [0.25, 0.3) is 0 Å². The van der Waals surface area contributed by atoms with Crippen LogP contribution in [0.15, 0.2) is 30.3 Å². The molecule has 0 aromatic heterocycles. The van der Waals surface area contributed by atoms with E-state index < -0.39 is 0 Å². The fourth-order valence-corrected chi connectivity index (χ4v) is 2.84. The van der Waals surface area contributed by atoms with Crippen LogP contribution < -0.4 is 10.2 Å². The number of hydrogen-bond acceptors (Lipinski definition) is 3. The lowest BCUT2D eigenvalue weighted by molar-refractivity contribution is -0.118. The van der Waals surface area contributed by atoms with E-state index in [1.54, 1.807) is 4.90 Å². The molecule has 4 heteroatoms. The summed E-state index contributed by atoms with van der Waals surface area (Å²) in [6.45, 7) is 1.01. The maximum atomic E-state index is 12.1. The van der Waals surface area contributed by atoms with Gasteiger partial charge in [0.2, 0.25) is 5.91 Å². The van der Waals surface area contributed by atoms with E-state index in [0.717, 1.165) is 23.7 Å². The number of para-hydroxylation sites is 1. The quantitative estimate of drug-likeness (QED) is 0.887. The second-order valence-corrected chi connectivity index (χ2v) is 5.37. The first kappa shape index (κ1) is 12.5. The molecular formula is C13H18N2OS. The molecule has 3 nitrogen and oxygen atoms in total. The fraction of sp³-hybridized carbons (Fsp3) is 0.462. The van der Waals surface area contributed by atoms with Crippen LogP contribution in [0, 0.1) is 0 Å². The molecule has 0 radical (unpaired) electrons. The van der Waals surface area contributed by atoms with Gasteiger partial charge in [-0.2, -0.15) is 11.8 Å². The van der Waals surface area contributed by atoms with Crippen molar-refractivity contribution in [2.24, 2.45) is 0 Å². The third-order valence-corrected chi connectivity index (χ3v) is 4.07. The van der Waals surface area contributed by atoms with Gasteiger partial charge in [-0.3, -0.25) is 4.79 Å². The minimum absolute atomic E-state index is 0.177. The van der Waals surface area contributed by atoms with Gasteiger partial charge in [-0.1, -0.05) is 18.2 Å². The molecule has 0 spiro atoms. The number of amides is 1. The molecule has 1 amide bonds. The average Bonchev–Trinajstić information content (AvgIpc) is 2.40. The molecule has 1 heterocycles. The van der Waals surface area contributed by atoms with Crippen LogP contribution in [-0.2, 0) is 4.79 Å². The van der Waals surface area contributed by atoms with Gasteiger partial charge >= 0.3 is 0 Å². The van der Waals surface area contributed by atoms with Crippen molar-refractivity contribution in [1.82, 2.24) is 5.32 Å². The standard InChI is InChI=1S/C13H18N2OS/c1-15(12-5-3-2-4-6-12)13(16)9-11-10-17-8-7-14-11/h2-6,11,14H,7-10H2,1H3. The molecular weight excluding hydrogens is 232 g/mol. The largest absolute Gasteiger partial charge is 0.315 e. The van der Waals surface area contributed by atoms with E-state index in [4.69, 9.17) is 0 Å². The van der Waals surface area contributed by atoms with Crippen LogP contribution in [0.2, 0.25) is 0 Å². The highest BCUT2D eigenvalue weighted by Gasteiger charge is 2.19. The number of benzene rings is 1. The van der Waals surface area contributed by atoms with Crippen molar-refractivity contribution in [3.63, 3.8) is 0 Å². The molecule has 1 N–H and O–H groups in total. The lowest BCUT2D eigenvalue weighted by Gasteiger charge is -2.25. The van der Waals surface area contributed by atoms with E-state index in [2.05, 4.69) is 5.32 Å². The highest BCUT2D eigenvalue weighted by molar-refractivity contribution is 7.99. The van der Waals surface area contributed by atoms with Gasteiger partial charge in [0, 0.05) is 43.2 Å². The lowest BCUT2D eigenvalue weighted by Crippen LogP contribution is -2.41. The monoisotopic (exact) mass is 250 g/mol. The van der Waals surface area contributed by atoms with Gasteiger partial charge in [0.15, 0.2) is 0 Å². The van der Waals surface area contributed by atoms with E-state index in [9.17, 15) is 4.79 Å². The molecule has 2 rings (SSSR count). The number of nitrogens with one attached hydrogen (secondary N) is 1. The van der Waals surface area contributed by atoms with Crippen molar-refractivity contribution < 1.29 is 4.79 Å². The van der Waals surface area contributed by atoms with E-state index >= 15 is 0 Å². The van der Waals surface area contributed by atoms with E-state index in [1.165, 1.54) is 0 Å². The third-order valence-electron chi connectivity index (χ3n) is 2.94. The molecule has 0 aliphatic carbocycles. The molecule has 1 aromatic rings. The van der Waals surface area contributed by atoms with Gasteiger partial charge in [-0.25, -0.2) is 0 Å². The van der Waals surface area contributed by atoms with Gasteiger partial charge in [-0.15, -0.1) is 0 Å². The Labute approximate surface area is 107 Å². The molecule has 0 bridgehead atoms. The molecule has 1 aromatic carbocycles. The summed E-state index contributed by atoms with van der Waals surface area (Å²) in [6.07, 6.45) is 0.582. The average molecular weight is 250 g/mol. The summed E-state index contributed by atoms with van der Waals surface area (Å²) in [4.78, 5) is 13.8. The molecule has 1 atom stereocenters. The summed E-state index contributed by atoms with van der Waals surface area (Å²) >= 11 is 1.92. The van der Waals surface area contributed by atoms with Crippen LogP contribution in [0.5, 0.6) is 0 Å². The lowest BCUT2D eigenvalue weighted by atomic mass is 10.2. The minimum atomic E-state index is 0.177. The Morgan fingerprint density at radius 3 is 2.88 bits per heavy atom. The second kappa shape index (κ2) is 6.07. The summed E-state index contributed by atoms with van der Waals surface area (Å²) in [5.74, 6) is 2.37. The second-order valence-electron chi connectivity index (χ2n) is 4.22. The van der Waals surface area contributed by atoms with Crippen molar-refractivity contribution in [3.05, 3.63) is 30.3 Å².